The van der Waals surface area contributed by atoms with Crippen LogP contribution in [0.25, 0.3) is 10.9 Å². The summed E-state index contributed by atoms with van der Waals surface area (Å²) in [7, 11) is 0. The fourth-order valence-corrected chi connectivity index (χ4v) is 3.19. The highest BCUT2D eigenvalue weighted by molar-refractivity contribution is 9.10. The third kappa shape index (κ3) is 3.86. The third-order valence-corrected chi connectivity index (χ3v) is 4.70. The molecular formula is C18H14BrClN2O3. The molecule has 0 spiro atoms. The van der Waals surface area contributed by atoms with Gasteiger partial charge in [-0.3, -0.25) is 4.79 Å². The highest BCUT2D eigenvalue weighted by atomic mass is 79.9. The second-order valence-electron chi connectivity index (χ2n) is 5.55. The second kappa shape index (κ2) is 7.29. The van der Waals surface area contributed by atoms with Crippen molar-refractivity contribution in [3.05, 3.63) is 69.3 Å². The minimum atomic E-state index is -1.11. The Hall–Kier alpha value is -2.31. The van der Waals surface area contributed by atoms with E-state index in [0.29, 0.717) is 4.47 Å². The molecule has 128 valence electrons. The minimum absolute atomic E-state index is 0.163. The maximum Gasteiger partial charge on any atom is 0.326 e. The SMILES string of the molecule is O=C(NC(Cc1c[nH]c2ccccc12)C(=O)O)c1cc(Br)ccc1Cl. The van der Waals surface area contributed by atoms with Gasteiger partial charge in [-0.05, 0) is 29.8 Å². The smallest absolute Gasteiger partial charge is 0.326 e. The number of carbonyl (C=O) groups excluding carboxylic acids is 1. The van der Waals surface area contributed by atoms with Crippen molar-refractivity contribution in [1.29, 1.82) is 0 Å². The highest BCUT2D eigenvalue weighted by Crippen LogP contribution is 2.22. The summed E-state index contributed by atoms with van der Waals surface area (Å²) in [6, 6.07) is 11.4. The lowest BCUT2D eigenvalue weighted by Gasteiger charge is -2.15. The zero-order chi connectivity index (χ0) is 18.0. The minimum Gasteiger partial charge on any atom is -0.480 e. The van der Waals surface area contributed by atoms with Crippen molar-refractivity contribution in [2.24, 2.45) is 0 Å². The van der Waals surface area contributed by atoms with E-state index < -0.39 is 17.9 Å². The van der Waals surface area contributed by atoms with Crippen molar-refractivity contribution in [3.63, 3.8) is 0 Å². The van der Waals surface area contributed by atoms with Crippen LogP contribution in [0.5, 0.6) is 0 Å². The Bertz CT molecular complexity index is 954. The van der Waals surface area contributed by atoms with Gasteiger partial charge in [0.05, 0.1) is 10.6 Å². The molecule has 0 bridgehead atoms. The molecule has 0 saturated carbocycles. The van der Waals surface area contributed by atoms with Crippen LogP contribution in [0.4, 0.5) is 0 Å². The van der Waals surface area contributed by atoms with Crippen molar-refractivity contribution in [3.8, 4) is 0 Å². The van der Waals surface area contributed by atoms with Crippen molar-refractivity contribution >= 4 is 50.3 Å². The number of para-hydroxylation sites is 1. The molecule has 0 aliphatic rings. The van der Waals surface area contributed by atoms with Gasteiger partial charge in [-0.15, -0.1) is 0 Å². The first kappa shape index (κ1) is 17.5. The number of amides is 1. The number of aromatic nitrogens is 1. The normalized spacial score (nSPS) is 12.1. The Morgan fingerprint density at radius 3 is 2.76 bits per heavy atom. The van der Waals surface area contributed by atoms with E-state index >= 15 is 0 Å². The largest absolute Gasteiger partial charge is 0.480 e. The molecule has 1 unspecified atom stereocenters. The number of benzene rings is 2. The molecule has 1 atom stereocenters. The Labute approximate surface area is 157 Å². The van der Waals surface area contributed by atoms with Crippen LogP contribution in [0.1, 0.15) is 15.9 Å². The van der Waals surface area contributed by atoms with Crippen molar-refractivity contribution in [2.45, 2.75) is 12.5 Å². The zero-order valence-corrected chi connectivity index (χ0v) is 15.3. The quantitative estimate of drug-likeness (QED) is 0.582. The average molecular weight is 422 g/mol. The number of H-pyrrole nitrogens is 1. The van der Waals surface area contributed by atoms with Gasteiger partial charge in [0.2, 0.25) is 0 Å². The summed E-state index contributed by atoms with van der Waals surface area (Å²) >= 11 is 9.32. The van der Waals surface area contributed by atoms with E-state index in [-0.39, 0.29) is 17.0 Å². The summed E-state index contributed by atoms with van der Waals surface area (Å²) < 4.78 is 0.686. The van der Waals surface area contributed by atoms with E-state index in [2.05, 4.69) is 26.2 Å². The Morgan fingerprint density at radius 1 is 1.24 bits per heavy atom. The van der Waals surface area contributed by atoms with Crippen molar-refractivity contribution < 1.29 is 14.7 Å². The van der Waals surface area contributed by atoms with E-state index in [1.54, 1.807) is 24.4 Å². The van der Waals surface area contributed by atoms with Crippen molar-refractivity contribution in [2.75, 3.05) is 0 Å². The summed E-state index contributed by atoms with van der Waals surface area (Å²) in [5.74, 6) is -1.64. The maximum atomic E-state index is 12.4. The van der Waals surface area contributed by atoms with Crippen LogP contribution < -0.4 is 5.32 Å². The average Bonchev–Trinajstić information content (AvgIpc) is 2.99. The molecule has 5 nitrogen and oxygen atoms in total. The molecule has 0 aliphatic heterocycles. The predicted molar refractivity (Wildman–Crippen MR) is 100 cm³/mol. The van der Waals surface area contributed by atoms with Crippen LogP contribution in [-0.4, -0.2) is 28.0 Å². The van der Waals surface area contributed by atoms with E-state index in [1.165, 1.54) is 0 Å². The molecule has 0 aliphatic carbocycles. The Balaban J connectivity index is 1.83. The lowest BCUT2D eigenvalue weighted by atomic mass is 10.0. The monoisotopic (exact) mass is 420 g/mol. The van der Waals surface area contributed by atoms with Gasteiger partial charge in [-0.1, -0.05) is 45.7 Å². The number of halogens is 2. The molecule has 1 heterocycles. The van der Waals surface area contributed by atoms with E-state index in [0.717, 1.165) is 16.5 Å². The molecule has 0 saturated heterocycles. The molecule has 3 N–H and O–H groups in total. The van der Waals surface area contributed by atoms with E-state index in [9.17, 15) is 14.7 Å². The summed E-state index contributed by atoms with van der Waals surface area (Å²) in [5, 5.41) is 13.2. The highest BCUT2D eigenvalue weighted by Gasteiger charge is 2.23. The molecule has 3 aromatic rings. The number of rotatable bonds is 5. The molecule has 7 heteroatoms. The topological polar surface area (TPSA) is 82.2 Å². The van der Waals surface area contributed by atoms with E-state index in [4.69, 9.17) is 11.6 Å². The fourth-order valence-electron chi connectivity index (χ4n) is 2.63. The van der Waals surface area contributed by atoms with Crippen LogP contribution in [0, 0.1) is 0 Å². The van der Waals surface area contributed by atoms with E-state index in [1.807, 2.05) is 24.3 Å². The first-order valence-electron chi connectivity index (χ1n) is 7.49. The van der Waals surface area contributed by atoms with Crippen molar-refractivity contribution in [1.82, 2.24) is 10.3 Å². The number of carboxylic acids is 1. The van der Waals surface area contributed by atoms with Crippen LogP contribution in [0.2, 0.25) is 5.02 Å². The zero-order valence-electron chi connectivity index (χ0n) is 12.9. The molecule has 25 heavy (non-hydrogen) atoms. The molecule has 0 radical (unpaired) electrons. The van der Waals surface area contributed by atoms with Gasteiger partial charge in [0, 0.05) is 28.0 Å². The van der Waals surface area contributed by atoms with Gasteiger partial charge >= 0.3 is 5.97 Å². The van der Waals surface area contributed by atoms with Gasteiger partial charge in [-0.2, -0.15) is 0 Å². The van der Waals surface area contributed by atoms with Gasteiger partial charge in [0.15, 0.2) is 0 Å². The first-order valence-corrected chi connectivity index (χ1v) is 8.66. The van der Waals surface area contributed by atoms with Gasteiger partial charge in [0.25, 0.3) is 5.91 Å². The van der Waals surface area contributed by atoms with Gasteiger partial charge < -0.3 is 15.4 Å². The third-order valence-electron chi connectivity index (χ3n) is 3.88. The number of hydrogen-bond donors (Lipinski definition) is 3. The van der Waals surface area contributed by atoms with Gasteiger partial charge in [-0.25, -0.2) is 4.79 Å². The molecular weight excluding hydrogens is 408 g/mol. The van der Waals surface area contributed by atoms with Crippen LogP contribution in [0.15, 0.2) is 53.1 Å². The predicted octanol–water partition coefficient (Wildman–Crippen LogP) is 4.01. The van der Waals surface area contributed by atoms with Crippen LogP contribution in [0.3, 0.4) is 0 Å². The fraction of sp³-hybridized carbons (Fsp3) is 0.111. The van der Waals surface area contributed by atoms with Gasteiger partial charge in [0.1, 0.15) is 6.04 Å². The maximum absolute atomic E-state index is 12.4. The molecule has 1 aromatic heterocycles. The number of carboxylic acid groups (broad SMARTS) is 1. The second-order valence-corrected chi connectivity index (χ2v) is 6.87. The summed E-state index contributed by atoms with van der Waals surface area (Å²) in [6.07, 6.45) is 1.93. The number of aromatic amines is 1. The number of fused-ring (bicyclic) bond motifs is 1. The number of hydrogen-bond acceptors (Lipinski definition) is 2. The molecule has 1 amide bonds. The molecule has 2 aromatic carbocycles. The van der Waals surface area contributed by atoms with Crippen LogP contribution >= 0.6 is 27.5 Å². The summed E-state index contributed by atoms with van der Waals surface area (Å²) in [5.41, 5.74) is 1.97. The summed E-state index contributed by atoms with van der Waals surface area (Å²) in [4.78, 5) is 27.2. The lowest BCUT2D eigenvalue weighted by Crippen LogP contribution is -2.42. The molecule has 0 fully saturated rings. The Morgan fingerprint density at radius 2 is 2.00 bits per heavy atom. The number of aliphatic carboxylic acids is 1. The first-order chi connectivity index (χ1) is 12.0. The number of carbonyl (C=O) groups is 2. The number of nitrogens with one attached hydrogen (secondary N) is 2. The summed E-state index contributed by atoms with van der Waals surface area (Å²) in [6.45, 7) is 0. The standard InChI is InChI=1S/C18H14BrClN2O3/c19-11-5-6-14(20)13(8-11)17(23)22-16(18(24)25)7-10-9-21-15-4-2-1-3-12(10)15/h1-6,8-9,16,21H,7H2,(H,22,23)(H,24,25). The Kier molecular flexibility index (Phi) is 5.11. The lowest BCUT2D eigenvalue weighted by molar-refractivity contribution is -0.139. The van der Waals surface area contributed by atoms with Crippen LogP contribution in [-0.2, 0) is 11.2 Å². The molecule has 3 rings (SSSR count).